The number of rotatable bonds is 5. The summed E-state index contributed by atoms with van der Waals surface area (Å²) >= 11 is 1.58. The van der Waals surface area contributed by atoms with Crippen molar-refractivity contribution in [1.29, 1.82) is 0 Å². The average Bonchev–Trinajstić information content (AvgIpc) is 2.96. The van der Waals surface area contributed by atoms with Gasteiger partial charge in [-0.05, 0) is 44.7 Å². The van der Waals surface area contributed by atoms with Crippen LogP contribution < -0.4 is 10.1 Å². The molecule has 0 spiro atoms. The van der Waals surface area contributed by atoms with Gasteiger partial charge in [0.15, 0.2) is 5.13 Å². The van der Waals surface area contributed by atoms with Crippen LogP contribution in [0.2, 0.25) is 0 Å². The lowest BCUT2D eigenvalue weighted by Crippen LogP contribution is -2.29. The van der Waals surface area contributed by atoms with Crippen LogP contribution in [0.1, 0.15) is 41.7 Å². The van der Waals surface area contributed by atoms with Crippen LogP contribution in [0.5, 0.6) is 5.75 Å². The van der Waals surface area contributed by atoms with Crippen LogP contribution in [0.15, 0.2) is 24.3 Å². The Morgan fingerprint density at radius 1 is 1.36 bits per heavy atom. The van der Waals surface area contributed by atoms with E-state index in [0.29, 0.717) is 10.7 Å². The number of nitrogens with zero attached hydrogens (tertiary/aromatic N) is 2. The molecule has 7 heteroatoms. The zero-order chi connectivity index (χ0) is 17.1. The van der Waals surface area contributed by atoms with Gasteiger partial charge in [-0.25, -0.2) is 4.98 Å². The number of ether oxygens (including phenoxy) is 1. The molecule has 25 heavy (non-hydrogen) atoms. The van der Waals surface area contributed by atoms with Crippen molar-refractivity contribution in [1.82, 2.24) is 9.88 Å². The quantitative estimate of drug-likeness (QED) is 0.851. The minimum absolute atomic E-state index is 0. The van der Waals surface area contributed by atoms with Gasteiger partial charge >= 0.3 is 0 Å². The second-order valence-corrected chi connectivity index (χ2v) is 7.24. The van der Waals surface area contributed by atoms with Gasteiger partial charge in [0.1, 0.15) is 5.75 Å². The Morgan fingerprint density at radius 3 is 2.72 bits per heavy atom. The van der Waals surface area contributed by atoms with Crippen LogP contribution in [-0.4, -0.2) is 35.0 Å². The standard InChI is InChI=1S/C18H23N3O2S.ClH/c1-4-21-10-9-15-16(11-21)24-18(19-15)20-17(22)13-5-7-14(8-6-13)23-12(2)3;/h5-8,12H,4,9-11H2,1-3H3,(H,19,20,22);1H. The first-order valence-corrected chi connectivity index (χ1v) is 9.15. The first-order chi connectivity index (χ1) is 11.5. The molecule has 1 N–H and O–H groups in total. The predicted molar refractivity (Wildman–Crippen MR) is 104 cm³/mol. The van der Waals surface area contributed by atoms with Gasteiger partial charge in [0.05, 0.1) is 11.8 Å². The lowest BCUT2D eigenvalue weighted by Gasteiger charge is -2.23. The monoisotopic (exact) mass is 381 g/mol. The maximum Gasteiger partial charge on any atom is 0.257 e. The molecular formula is C18H24ClN3O2S. The lowest BCUT2D eigenvalue weighted by molar-refractivity contribution is 0.102. The van der Waals surface area contributed by atoms with E-state index in [9.17, 15) is 4.79 Å². The zero-order valence-corrected chi connectivity index (χ0v) is 16.4. The minimum Gasteiger partial charge on any atom is -0.491 e. The van der Waals surface area contributed by atoms with Gasteiger partial charge in [0, 0.05) is 30.0 Å². The van der Waals surface area contributed by atoms with Crippen LogP contribution in [0, 0.1) is 0 Å². The number of hydrogen-bond acceptors (Lipinski definition) is 5. The van der Waals surface area contributed by atoms with Crippen LogP contribution in [0.3, 0.4) is 0 Å². The predicted octanol–water partition coefficient (Wildman–Crippen LogP) is 3.98. The first kappa shape index (κ1) is 19.7. The number of carbonyl (C=O) groups is 1. The van der Waals surface area contributed by atoms with Gasteiger partial charge in [-0.15, -0.1) is 23.7 Å². The van der Waals surface area contributed by atoms with Crippen LogP contribution >= 0.6 is 23.7 Å². The summed E-state index contributed by atoms with van der Waals surface area (Å²) < 4.78 is 5.60. The van der Waals surface area contributed by atoms with E-state index in [1.165, 1.54) is 4.88 Å². The molecular weight excluding hydrogens is 358 g/mol. The molecule has 0 atom stereocenters. The van der Waals surface area contributed by atoms with Crippen molar-refractivity contribution in [3.8, 4) is 5.75 Å². The van der Waals surface area contributed by atoms with Crippen molar-refractivity contribution in [2.45, 2.75) is 39.8 Å². The van der Waals surface area contributed by atoms with E-state index in [-0.39, 0.29) is 24.4 Å². The topological polar surface area (TPSA) is 54.5 Å². The Balaban J connectivity index is 0.00000225. The summed E-state index contributed by atoms with van der Waals surface area (Å²) in [6.45, 7) is 9.14. The molecule has 1 aliphatic rings. The number of hydrogen-bond donors (Lipinski definition) is 1. The van der Waals surface area contributed by atoms with E-state index in [1.54, 1.807) is 23.5 Å². The molecule has 1 aromatic carbocycles. The third-order valence-corrected chi connectivity index (χ3v) is 4.96. The second-order valence-electron chi connectivity index (χ2n) is 6.15. The molecule has 0 fully saturated rings. The molecule has 0 saturated carbocycles. The molecule has 0 radical (unpaired) electrons. The van der Waals surface area contributed by atoms with Gasteiger partial charge in [0.2, 0.25) is 0 Å². The highest BCUT2D eigenvalue weighted by molar-refractivity contribution is 7.15. The maximum atomic E-state index is 12.4. The number of likely N-dealkylation sites (N-methyl/N-ethyl adjacent to an activating group) is 1. The molecule has 3 rings (SSSR count). The number of thiazole rings is 1. The number of amides is 1. The number of halogens is 1. The molecule has 0 bridgehead atoms. The normalized spacial score (nSPS) is 13.9. The SMILES string of the molecule is CCN1CCc2nc(NC(=O)c3ccc(OC(C)C)cc3)sc2C1.Cl. The van der Waals surface area contributed by atoms with E-state index < -0.39 is 0 Å². The Morgan fingerprint density at radius 2 is 2.08 bits per heavy atom. The third-order valence-electron chi connectivity index (χ3n) is 3.97. The van der Waals surface area contributed by atoms with E-state index >= 15 is 0 Å². The largest absolute Gasteiger partial charge is 0.491 e. The van der Waals surface area contributed by atoms with E-state index in [4.69, 9.17) is 4.74 Å². The van der Waals surface area contributed by atoms with Gasteiger partial charge < -0.3 is 4.74 Å². The number of anilines is 1. The summed E-state index contributed by atoms with van der Waals surface area (Å²) in [7, 11) is 0. The Hall–Kier alpha value is -1.63. The molecule has 2 aromatic rings. The fourth-order valence-corrected chi connectivity index (χ4v) is 3.74. The number of carbonyl (C=O) groups excluding carboxylic acids is 1. The Labute approximate surface area is 158 Å². The molecule has 5 nitrogen and oxygen atoms in total. The number of aromatic nitrogens is 1. The highest BCUT2D eigenvalue weighted by Crippen LogP contribution is 2.28. The van der Waals surface area contributed by atoms with Crippen molar-refractivity contribution in [2.24, 2.45) is 0 Å². The molecule has 1 amide bonds. The molecule has 0 saturated heterocycles. The third kappa shape index (κ3) is 4.93. The van der Waals surface area contributed by atoms with Gasteiger partial charge in [-0.3, -0.25) is 15.0 Å². The molecule has 1 aromatic heterocycles. The van der Waals surface area contributed by atoms with E-state index in [2.05, 4.69) is 22.1 Å². The summed E-state index contributed by atoms with van der Waals surface area (Å²) in [6.07, 6.45) is 1.07. The minimum atomic E-state index is -0.135. The molecule has 0 aliphatic carbocycles. The van der Waals surface area contributed by atoms with Crippen LogP contribution in [0.25, 0.3) is 0 Å². The van der Waals surface area contributed by atoms with Crippen molar-refractivity contribution >= 4 is 34.8 Å². The fraction of sp³-hybridized carbons (Fsp3) is 0.444. The average molecular weight is 382 g/mol. The highest BCUT2D eigenvalue weighted by Gasteiger charge is 2.20. The van der Waals surface area contributed by atoms with Crippen molar-refractivity contribution in [3.05, 3.63) is 40.4 Å². The second kappa shape index (κ2) is 8.65. The summed E-state index contributed by atoms with van der Waals surface area (Å²) in [5.74, 6) is 0.635. The molecule has 136 valence electrons. The summed E-state index contributed by atoms with van der Waals surface area (Å²) in [5.41, 5.74) is 1.73. The smallest absolute Gasteiger partial charge is 0.257 e. The highest BCUT2D eigenvalue weighted by atomic mass is 35.5. The first-order valence-electron chi connectivity index (χ1n) is 8.34. The van der Waals surface area contributed by atoms with E-state index in [1.807, 2.05) is 26.0 Å². The number of benzene rings is 1. The summed E-state index contributed by atoms with van der Waals surface area (Å²) in [5, 5.41) is 3.60. The van der Waals surface area contributed by atoms with E-state index in [0.717, 1.165) is 37.5 Å². The van der Waals surface area contributed by atoms with Crippen molar-refractivity contribution < 1.29 is 9.53 Å². The zero-order valence-electron chi connectivity index (χ0n) is 14.7. The Bertz CT molecular complexity index is 716. The van der Waals surface area contributed by atoms with Crippen molar-refractivity contribution in [3.63, 3.8) is 0 Å². The van der Waals surface area contributed by atoms with Crippen LogP contribution in [0.4, 0.5) is 5.13 Å². The fourth-order valence-electron chi connectivity index (χ4n) is 2.70. The maximum absolute atomic E-state index is 12.4. The summed E-state index contributed by atoms with van der Waals surface area (Å²) in [4.78, 5) is 20.6. The van der Waals surface area contributed by atoms with Gasteiger partial charge in [-0.2, -0.15) is 0 Å². The molecule has 1 aliphatic heterocycles. The van der Waals surface area contributed by atoms with Crippen LogP contribution in [-0.2, 0) is 13.0 Å². The lowest BCUT2D eigenvalue weighted by atomic mass is 10.2. The molecule has 2 heterocycles. The molecule has 0 unspecified atom stereocenters. The summed E-state index contributed by atoms with van der Waals surface area (Å²) in [6, 6.07) is 7.20. The number of fused-ring (bicyclic) bond motifs is 1. The van der Waals surface area contributed by atoms with Gasteiger partial charge in [-0.1, -0.05) is 6.92 Å². The van der Waals surface area contributed by atoms with Crippen molar-refractivity contribution in [2.75, 3.05) is 18.4 Å². The van der Waals surface area contributed by atoms with Gasteiger partial charge in [0.25, 0.3) is 5.91 Å². The number of nitrogens with one attached hydrogen (secondary N) is 1. The Kier molecular flexibility index (Phi) is 6.81.